The Morgan fingerprint density at radius 3 is 2.77 bits per heavy atom. The normalized spacial score (nSPS) is 20.3. The molecule has 7 nitrogen and oxygen atoms in total. The topological polar surface area (TPSA) is 77.3 Å². The van der Waals surface area contributed by atoms with Crippen molar-refractivity contribution in [2.45, 2.75) is 56.9 Å². The molecular weight excluding hydrogens is 491 g/mol. The highest BCUT2D eigenvalue weighted by Gasteiger charge is 2.40. The van der Waals surface area contributed by atoms with Gasteiger partial charge in [0, 0.05) is 42.8 Å². The van der Waals surface area contributed by atoms with Gasteiger partial charge in [-0.15, -0.1) is 17.5 Å². The number of esters is 1. The van der Waals surface area contributed by atoms with Gasteiger partial charge in [-0.2, -0.15) is 12.6 Å². The molecule has 0 spiro atoms. The first-order valence-electron chi connectivity index (χ1n) is 11.9. The van der Waals surface area contributed by atoms with Gasteiger partial charge in [-0.05, 0) is 50.3 Å². The molecule has 1 saturated carbocycles. The molecule has 0 N–H and O–H groups in total. The largest absolute Gasteiger partial charge is 0.466 e. The number of carbonyl (C=O) groups is 2. The SMILES string of the molecule is CCOC(=O)CCCn1cc(/C=C2\CN(C(C(=O)C3CC3)c3ccccc3F)CCC2S)nn1.Cl. The highest BCUT2D eigenvalue weighted by atomic mass is 35.5. The van der Waals surface area contributed by atoms with E-state index in [0.717, 1.165) is 24.8 Å². The molecule has 35 heavy (non-hydrogen) atoms. The molecule has 4 rings (SSSR count). The van der Waals surface area contributed by atoms with Crippen molar-refractivity contribution < 1.29 is 18.7 Å². The number of ether oxygens (including phenoxy) is 1. The molecule has 2 heterocycles. The molecule has 10 heteroatoms. The second-order valence-corrected chi connectivity index (χ2v) is 9.53. The van der Waals surface area contributed by atoms with Gasteiger partial charge < -0.3 is 4.74 Å². The van der Waals surface area contributed by atoms with E-state index in [1.807, 2.05) is 12.3 Å². The van der Waals surface area contributed by atoms with Gasteiger partial charge >= 0.3 is 5.97 Å². The average molecular weight is 523 g/mol. The van der Waals surface area contributed by atoms with Crippen molar-refractivity contribution >= 4 is 42.9 Å². The van der Waals surface area contributed by atoms with Gasteiger partial charge in [0.05, 0.1) is 18.8 Å². The lowest BCUT2D eigenvalue weighted by Gasteiger charge is -2.37. The number of aromatic nitrogens is 3. The van der Waals surface area contributed by atoms with E-state index >= 15 is 0 Å². The van der Waals surface area contributed by atoms with Crippen LogP contribution in [0.5, 0.6) is 0 Å². The smallest absolute Gasteiger partial charge is 0.305 e. The van der Waals surface area contributed by atoms with Crippen molar-refractivity contribution in [3.63, 3.8) is 0 Å². The van der Waals surface area contributed by atoms with E-state index < -0.39 is 6.04 Å². The Hall–Kier alpha value is -2.23. The molecule has 1 aromatic heterocycles. The highest BCUT2D eigenvalue weighted by Crippen LogP contribution is 2.39. The Kier molecular flexibility index (Phi) is 9.89. The number of thiol groups is 1. The number of hydrogen-bond donors (Lipinski definition) is 1. The highest BCUT2D eigenvalue weighted by molar-refractivity contribution is 7.81. The summed E-state index contributed by atoms with van der Waals surface area (Å²) in [5.74, 6) is -0.420. The monoisotopic (exact) mass is 522 g/mol. The summed E-state index contributed by atoms with van der Waals surface area (Å²) < 4.78 is 21.4. The van der Waals surface area contributed by atoms with Gasteiger partial charge in [-0.25, -0.2) is 4.39 Å². The van der Waals surface area contributed by atoms with Crippen molar-refractivity contribution in [1.29, 1.82) is 0 Å². The van der Waals surface area contributed by atoms with Crippen molar-refractivity contribution in [1.82, 2.24) is 19.9 Å². The molecular formula is C25H32ClFN4O3S. The maximum Gasteiger partial charge on any atom is 0.305 e. The van der Waals surface area contributed by atoms with E-state index in [1.54, 1.807) is 29.8 Å². The van der Waals surface area contributed by atoms with Crippen molar-refractivity contribution in [2.75, 3.05) is 19.7 Å². The van der Waals surface area contributed by atoms with E-state index in [4.69, 9.17) is 17.4 Å². The number of nitrogens with zero attached hydrogens (tertiary/aromatic N) is 4. The molecule has 1 aliphatic carbocycles. The molecule has 0 amide bonds. The Morgan fingerprint density at radius 2 is 2.06 bits per heavy atom. The van der Waals surface area contributed by atoms with Crippen LogP contribution in [-0.4, -0.2) is 56.6 Å². The van der Waals surface area contributed by atoms with Crippen LogP contribution in [0.4, 0.5) is 4.39 Å². The van der Waals surface area contributed by atoms with E-state index in [2.05, 4.69) is 15.2 Å². The molecule has 190 valence electrons. The maximum absolute atomic E-state index is 14.7. The second-order valence-electron chi connectivity index (χ2n) is 8.91. The third kappa shape index (κ3) is 7.15. The minimum absolute atomic E-state index is 0. The zero-order chi connectivity index (χ0) is 24.1. The number of halogens is 2. The van der Waals surface area contributed by atoms with Crippen molar-refractivity contribution in [3.8, 4) is 0 Å². The number of likely N-dealkylation sites (tertiary alicyclic amines) is 1. The van der Waals surface area contributed by atoms with Crippen LogP contribution in [-0.2, 0) is 20.9 Å². The van der Waals surface area contributed by atoms with Gasteiger partial charge in [-0.3, -0.25) is 19.2 Å². The van der Waals surface area contributed by atoms with E-state index in [1.165, 1.54) is 6.07 Å². The molecule has 1 aromatic carbocycles. The summed E-state index contributed by atoms with van der Waals surface area (Å²) in [6, 6.07) is 5.99. The Balaban J connectivity index is 0.00000342. The number of aryl methyl sites for hydroxylation is 1. The number of rotatable bonds is 10. The first kappa shape index (κ1) is 27.4. The number of carbonyl (C=O) groups excluding carboxylic acids is 2. The summed E-state index contributed by atoms with van der Waals surface area (Å²) in [5, 5.41) is 8.42. The standard InChI is InChI=1S/C25H31FN4O3S.ClH/c1-2-33-23(31)8-5-12-30-16-19(27-28-30)14-18-15-29(13-11-22(18)34)24(25(32)17-9-10-17)20-6-3-4-7-21(20)26;/h3-4,6-7,14,16-17,22,24,34H,2,5,8-13,15H2,1H3;1H/b18-14+;. The Bertz CT molecular complexity index is 1060. The minimum atomic E-state index is -0.587. The molecule has 2 atom stereocenters. The third-order valence-corrected chi connectivity index (χ3v) is 6.87. The summed E-state index contributed by atoms with van der Waals surface area (Å²) in [7, 11) is 0. The number of piperidine rings is 1. The number of benzene rings is 1. The average Bonchev–Trinajstić information content (AvgIpc) is 3.58. The van der Waals surface area contributed by atoms with Crippen LogP contribution in [0.2, 0.25) is 0 Å². The van der Waals surface area contributed by atoms with Crippen molar-refractivity contribution in [2.24, 2.45) is 5.92 Å². The van der Waals surface area contributed by atoms with Gasteiger partial charge in [-0.1, -0.05) is 23.4 Å². The Labute approximate surface area is 216 Å². The van der Waals surface area contributed by atoms with Crippen LogP contribution < -0.4 is 0 Å². The zero-order valence-corrected chi connectivity index (χ0v) is 21.5. The fourth-order valence-electron chi connectivity index (χ4n) is 4.37. The molecule has 1 saturated heterocycles. The number of hydrogen-bond acceptors (Lipinski definition) is 7. The Morgan fingerprint density at radius 1 is 1.29 bits per heavy atom. The predicted octanol–water partition coefficient (Wildman–Crippen LogP) is 4.29. The van der Waals surface area contributed by atoms with Crippen LogP contribution in [0.1, 0.15) is 56.3 Å². The summed E-state index contributed by atoms with van der Waals surface area (Å²) in [5.41, 5.74) is 2.17. The van der Waals surface area contributed by atoms with Gasteiger partial charge in [0.25, 0.3) is 0 Å². The summed E-state index contributed by atoms with van der Waals surface area (Å²) in [6.07, 6.45) is 7.27. The minimum Gasteiger partial charge on any atom is -0.466 e. The number of Topliss-reactive ketones (excluding diaryl/α,β-unsaturated/α-hetero) is 1. The molecule has 1 aliphatic heterocycles. The van der Waals surface area contributed by atoms with E-state index in [9.17, 15) is 14.0 Å². The fourth-order valence-corrected chi connectivity index (χ4v) is 4.64. The lowest BCUT2D eigenvalue weighted by molar-refractivity contribution is -0.143. The first-order chi connectivity index (χ1) is 16.5. The lowest BCUT2D eigenvalue weighted by atomic mass is 9.93. The zero-order valence-electron chi connectivity index (χ0n) is 19.8. The quantitative estimate of drug-likeness (QED) is 0.370. The van der Waals surface area contributed by atoms with Crippen LogP contribution in [0.3, 0.4) is 0 Å². The van der Waals surface area contributed by atoms with Crippen LogP contribution in [0, 0.1) is 11.7 Å². The van der Waals surface area contributed by atoms with E-state index in [0.29, 0.717) is 50.3 Å². The first-order valence-corrected chi connectivity index (χ1v) is 12.4. The molecule has 2 aliphatic rings. The molecule has 2 unspecified atom stereocenters. The van der Waals surface area contributed by atoms with Gasteiger partial charge in [0.1, 0.15) is 11.5 Å². The fraction of sp³-hybridized carbons (Fsp3) is 0.520. The maximum atomic E-state index is 14.7. The summed E-state index contributed by atoms with van der Waals surface area (Å²) in [4.78, 5) is 26.8. The molecule has 0 bridgehead atoms. The predicted molar refractivity (Wildman–Crippen MR) is 137 cm³/mol. The van der Waals surface area contributed by atoms with Crippen molar-refractivity contribution in [3.05, 3.63) is 53.1 Å². The van der Waals surface area contributed by atoms with Crippen LogP contribution >= 0.6 is 25.0 Å². The summed E-state index contributed by atoms with van der Waals surface area (Å²) >= 11 is 4.75. The third-order valence-electron chi connectivity index (χ3n) is 6.28. The second kappa shape index (κ2) is 12.6. The lowest BCUT2D eigenvalue weighted by Crippen LogP contribution is -2.42. The van der Waals surface area contributed by atoms with Crippen LogP contribution in [0.25, 0.3) is 6.08 Å². The van der Waals surface area contributed by atoms with Gasteiger partial charge in [0.15, 0.2) is 5.78 Å². The summed E-state index contributed by atoms with van der Waals surface area (Å²) in [6.45, 7) is 3.92. The van der Waals surface area contributed by atoms with Crippen LogP contribution in [0.15, 0.2) is 36.0 Å². The number of ketones is 1. The van der Waals surface area contributed by atoms with E-state index in [-0.39, 0.29) is 41.1 Å². The molecule has 2 fully saturated rings. The van der Waals surface area contributed by atoms with Gasteiger partial charge in [0.2, 0.25) is 0 Å². The molecule has 2 aromatic rings. The molecule has 0 radical (unpaired) electrons.